The van der Waals surface area contributed by atoms with Gasteiger partial charge in [0.2, 0.25) is 0 Å². The molecule has 0 spiro atoms. The van der Waals surface area contributed by atoms with Crippen LogP contribution in [0.4, 0.5) is 0 Å². The minimum Gasteiger partial charge on any atom is -0.330 e. The highest BCUT2D eigenvalue weighted by molar-refractivity contribution is 9.10. The van der Waals surface area contributed by atoms with Crippen molar-refractivity contribution >= 4 is 27.5 Å². The van der Waals surface area contributed by atoms with Crippen molar-refractivity contribution in [1.29, 1.82) is 0 Å². The van der Waals surface area contributed by atoms with Crippen molar-refractivity contribution in [1.82, 2.24) is 4.90 Å². The summed E-state index contributed by atoms with van der Waals surface area (Å²) < 4.78 is 1.10. The quantitative estimate of drug-likeness (QED) is 0.927. The van der Waals surface area contributed by atoms with E-state index in [4.69, 9.17) is 17.3 Å². The van der Waals surface area contributed by atoms with Crippen LogP contribution in [0.2, 0.25) is 5.02 Å². The topological polar surface area (TPSA) is 29.3 Å². The lowest BCUT2D eigenvalue weighted by Gasteiger charge is -2.32. The number of rotatable bonds is 3. The third-order valence-electron chi connectivity index (χ3n) is 3.35. The molecular weight excluding hydrogens is 300 g/mol. The predicted molar refractivity (Wildman–Crippen MR) is 76.2 cm³/mol. The molecular formula is C13H18BrClN2. The Morgan fingerprint density at radius 1 is 1.47 bits per heavy atom. The average Bonchev–Trinajstić information content (AvgIpc) is 2.33. The fraction of sp³-hybridized carbons (Fsp3) is 0.538. The number of hydrogen-bond donors (Lipinski definition) is 1. The molecule has 0 amide bonds. The lowest BCUT2D eigenvalue weighted by Crippen LogP contribution is -2.37. The normalized spacial score (nSPS) is 21.7. The van der Waals surface area contributed by atoms with Gasteiger partial charge in [-0.3, -0.25) is 4.90 Å². The summed E-state index contributed by atoms with van der Waals surface area (Å²) in [6.45, 7) is 4.07. The third-order valence-corrected chi connectivity index (χ3v) is 4.32. The van der Waals surface area contributed by atoms with Crippen molar-refractivity contribution in [2.45, 2.75) is 19.4 Å². The van der Waals surface area contributed by atoms with Gasteiger partial charge >= 0.3 is 0 Å². The molecule has 2 N–H and O–H groups in total. The Bertz CT molecular complexity index is 384. The van der Waals surface area contributed by atoms with Crippen LogP contribution >= 0.6 is 27.5 Å². The fourth-order valence-corrected chi connectivity index (χ4v) is 3.19. The van der Waals surface area contributed by atoms with E-state index in [1.165, 1.54) is 24.9 Å². The third kappa shape index (κ3) is 3.68. The van der Waals surface area contributed by atoms with Gasteiger partial charge < -0.3 is 5.73 Å². The molecule has 1 aliphatic rings. The molecule has 1 fully saturated rings. The Morgan fingerprint density at radius 2 is 2.29 bits per heavy atom. The minimum absolute atomic E-state index is 0.662. The number of piperidine rings is 1. The zero-order chi connectivity index (χ0) is 12.3. The number of halogens is 2. The van der Waals surface area contributed by atoms with Gasteiger partial charge in [0.25, 0.3) is 0 Å². The van der Waals surface area contributed by atoms with Gasteiger partial charge in [0.1, 0.15) is 0 Å². The first-order valence-corrected chi connectivity index (χ1v) is 7.22. The molecule has 94 valence electrons. The van der Waals surface area contributed by atoms with E-state index in [1.807, 2.05) is 12.1 Å². The van der Waals surface area contributed by atoms with Gasteiger partial charge in [-0.2, -0.15) is 0 Å². The van der Waals surface area contributed by atoms with Gasteiger partial charge in [-0.05, 0) is 49.5 Å². The van der Waals surface area contributed by atoms with Crippen LogP contribution in [0.25, 0.3) is 0 Å². The van der Waals surface area contributed by atoms with Crippen LogP contribution in [-0.4, -0.2) is 24.5 Å². The predicted octanol–water partition coefficient (Wildman–Crippen LogP) is 3.27. The van der Waals surface area contributed by atoms with Gasteiger partial charge in [0.05, 0.1) is 0 Å². The van der Waals surface area contributed by atoms with E-state index in [1.54, 1.807) is 0 Å². The molecule has 1 atom stereocenters. The minimum atomic E-state index is 0.662. The Hall–Kier alpha value is -0.0900. The molecule has 0 aliphatic carbocycles. The van der Waals surface area contributed by atoms with Crippen LogP contribution in [-0.2, 0) is 6.54 Å². The summed E-state index contributed by atoms with van der Waals surface area (Å²) in [7, 11) is 0. The van der Waals surface area contributed by atoms with Crippen molar-refractivity contribution in [2.75, 3.05) is 19.6 Å². The summed E-state index contributed by atoms with van der Waals surface area (Å²) in [6, 6.07) is 6.01. The molecule has 4 heteroatoms. The summed E-state index contributed by atoms with van der Waals surface area (Å²) in [5.74, 6) is 0.662. The summed E-state index contributed by atoms with van der Waals surface area (Å²) in [4.78, 5) is 2.48. The van der Waals surface area contributed by atoms with Crippen LogP contribution in [0.5, 0.6) is 0 Å². The zero-order valence-electron chi connectivity index (χ0n) is 9.83. The molecule has 0 bridgehead atoms. The number of benzene rings is 1. The van der Waals surface area contributed by atoms with E-state index < -0.39 is 0 Å². The molecule has 1 aromatic carbocycles. The van der Waals surface area contributed by atoms with Gasteiger partial charge in [-0.25, -0.2) is 0 Å². The number of hydrogen-bond acceptors (Lipinski definition) is 2. The van der Waals surface area contributed by atoms with E-state index in [2.05, 4.69) is 26.9 Å². The molecule has 17 heavy (non-hydrogen) atoms. The lowest BCUT2D eigenvalue weighted by molar-refractivity contribution is 0.171. The van der Waals surface area contributed by atoms with E-state index >= 15 is 0 Å². The van der Waals surface area contributed by atoms with Gasteiger partial charge in [0, 0.05) is 22.6 Å². The smallest absolute Gasteiger partial charge is 0.0417 e. The maximum absolute atomic E-state index is 5.95. The van der Waals surface area contributed by atoms with Crippen molar-refractivity contribution in [2.24, 2.45) is 11.7 Å². The van der Waals surface area contributed by atoms with Crippen LogP contribution in [0.1, 0.15) is 18.4 Å². The molecule has 1 saturated heterocycles. The van der Waals surface area contributed by atoms with Crippen LogP contribution in [0.3, 0.4) is 0 Å². The van der Waals surface area contributed by atoms with Crippen LogP contribution in [0.15, 0.2) is 22.7 Å². The van der Waals surface area contributed by atoms with Crippen LogP contribution < -0.4 is 5.73 Å². The van der Waals surface area contributed by atoms with E-state index in [-0.39, 0.29) is 0 Å². The van der Waals surface area contributed by atoms with Gasteiger partial charge in [-0.15, -0.1) is 0 Å². The summed E-state index contributed by atoms with van der Waals surface area (Å²) in [6.07, 6.45) is 2.53. The molecule has 1 aliphatic heterocycles. The maximum Gasteiger partial charge on any atom is 0.0417 e. The lowest BCUT2D eigenvalue weighted by atomic mass is 9.98. The largest absolute Gasteiger partial charge is 0.330 e. The molecule has 2 rings (SSSR count). The zero-order valence-corrected chi connectivity index (χ0v) is 12.2. The van der Waals surface area contributed by atoms with E-state index in [0.29, 0.717) is 5.92 Å². The Kier molecular flexibility index (Phi) is 4.86. The first kappa shape index (κ1) is 13.3. The van der Waals surface area contributed by atoms with E-state index in [0.717, 1.165) is 29.1 Å². The molecule has 0 radical (unpaired) electrons. The first-order valence-electron chi connectivity index (χ1n) is 6.05. The number of nitrogens with zero attached hydrogens (tertiary/aromatic N) is 1. The van der Waals surface area contributed by atoms with E-state index in [9.17, 15) is 0 Å². The van der Waals surface area contributed by atoms with Crippen molar-refractivity contribution in [3.63, 3.8) is 0 Å². The highest BCUT2D eigenvalue weighted by atomic mass is 79.9. The monoisotopic (exact) mass is 316 g/mol. The average molecular weight is 318 g/mol. The fourth-order valence-electron chi connectivity index (χ4n) is 2.38. The number of likely N-dealkylation sites (tertiary alicyclic amines) is 1. The number of nitrogens with two attached hydrogens (primary N) is 1. The van der Waals surface area contributed by atoms with Crippen molar-refractivity contribution in [3.05, 3.63) is 33.3 Å². The summed E-state index contributed by atoms with van der Waals surface area (Å²) in [5, 5.41) is 0.777. The van der Waals surface area contributed by atoms with Crippen molar-refractivity contribution in [3.8, 4) is 0 Å². The summed E-state index contributed by atoms with van der Waals surface area (Å²) >= 11 is 9.52. The standard InChI is InChI=1S/C13H18BrClN2/c14-13-6-12(15)4-3-11(13)9-17-5-1-2-10(7-16)8-17/h3-4,6,10H,1-2,5,7-9,16H2. The highest BCUT2D eigenvalue weighted by Gasteiger charge is 2.19. The first-order chi connectivity index (χ1) is 8.19. The molecule has 1 aromatic rings. The Balaban J connectivity index is 2.00. The molecule has 0 saturated carbocycles. The van der Waals surface area contributed by atoms with Crippen molar-refractivity contribution < 1.29 is 0 Å². The summed E-state index contributed by atoms with van der Waals surface area (Å²) in [5.41, 5.74) is 7.05. The second-order valence-electron chi connectivity index (χ2n) is 4.71. The molecule has 2 nitrogen and oxygen atoms in total. The maximum atomic E-state index is 5.95. The Morgan fingerprint density at radius 3 is 3.00 bits per heavy atom. The second-order valence-corrected chi connectivity index (χ2v) is 6.01. The highest BCUT2D eigenvalue weighted by Crippen LogP contribution is 2.24. The Labute approximate surface area is 116 Å². The van der Waals surface area contributed by atoms with Gasteiger partial charge in [0.15, 0.2) is 0 Å². The molecule has 0 aromatic heterocycles. The van der Waals surface area contributed by atoms with Gasteiger partial charge in [-0.1, -0.05) is 33.6 Å². The molecule has 1 heterocycles. The SMILES string of the molecule is NCC1CCCN(Cc2ccc(Cl)cc2Br)C1. The van der Waals surface area contributed by atoms with Crippen LogP contribution in [0, 0.1) is 5.92 Å². The second kappa shape index (κ2) is 6.19. The molecule has 1 unspecified atom stereocenters.